The number of rotatable bonds is 3. The zero-order valence-corrected chi connectivity index (χ0v) is 14.6. The average molecular weight is 364 g/mol. The Morgan fingerprint density at radius 2 is 2.29 bits per heavy atom. The highest BCUT2D eigenvalue weighted by molar-refractivity contribution is 7.16. The van der Waals surface area contributed by atoms with Gasteiger partial charge in [0.25, 0.3) is 5.91 Å². The molecular formula is C16H18ClN5OS. The van der Waals surface area contributed by atoms with Crippen molar-refractivity contribution >= 4 is 45.6 Å². The molecule has 0 bridgehead atoms. The molecule has 1 aliphatic heterocycles. The van der Waals surface area contributed by atoms with Crippen LogP contribution in [0.5, 0.6) is 0 Å². The molecule has 3 aromatic rings. The number of halogens is 1. The van der Waals surface area contributed by atoms with Crippen LogP contribution in [0.4, 0.5) is 5.69 Å². The highest BCUT2D eigenvalue weighted by atomic mass is 35.5. The number of piperidine rings is 1. The molecule has 3 heterocycles. The van der Waals surface area contributed by atoms with Crippen molar-refractivity contribution in [3.8, 4) is 0 Å². The molecule has 1 aliphatic rings. The van der Waals surface area contributed by atoms with Crippen LogP contribution in [0.3, 0.4) is 0 Å². The molecule has 8 heteroatoms. The number of carbonyl (C=O) groups excluding carboxylic acids is 1. The van der Waals surface area contributed by atoms with Crippen molar-refractivity contribution in [3.05, 3.63) is 41.7 Å². The van der Waals surface area contributed by atoms with Crippen molar-refractivity contribution < 1.29 is 4.79 Å². The van der Waals surface area contributed by atoms with E-state index in [2.05, 4.69) is 20.7 Å². The summed E-state index contributed by atoms with van der Waals surface area (Å²) in [5.74, 6) is -0.193. The first-order chi connectivity index (χ1) is 11.3. The smallest absolute Gasteiger partial charge is 0.276 e. The molecule has 1 atom stereocenters. The third-order valence-corrected chi connectivity index (χ3v) is 4.88. The van der Waals surface area contributed by atoms with Crippen molar-refractivity contribution in [3.63, 3.8) is 0 Å². The van der Waals surface area contributed by atoms with Crippen LogP contribution in [0.1, 0.15) is 29.4 Å². The average Bonchev–Trinajstić information content (AvgIpc) is 3.24. The molecule has 0 radical (unpaired) electrons. The number of hydrogen-bond donors (Lipinski definition) is 2. The van der Waals surface area contributed by atoms with E-state index in [1.54, 1.807) is 22.9 Å². The number of aromatic nitrogens is 3. The second-order valence-corrected chi connectivity index (χ2v) is 6.56. The summed E-state index contributed by atoms with van der Waals surface area (Å²) in [6.07, 6.45) is 4.12. The largest absolute Gasteiger partial charge is 0.321 e. The van der Waals surface area contributed by atoms with Gasteiger partial charge in [0.1, 0.15) is 0 Å². The Bertz CT molecular complexity index is 840. The monoisotopic (exact) mass is 363 g/mol. The summed E-state index contributed by atoms with van der Waals surface area (Å²) in [6, 6.07) is 7.84. The van der Waals surface area contributed by atoms with Crippen LogP contribution in [0.25, 0.3) is 10.2 Å². The first-order valence-corrected chi connectivity index (χ1v) is 8.58. The fourth-order valence-corrected chi connectivity index (χ4v) is 3.51. The minimum atomic E-state index is -0.193. The first kappa shape index (κ1) is 16.9. The number of carbonyl (C=O) groups is 1. The first-order valence-electron chi connectivity index (χ1n) is 7.70. The van der Waals surface area contributed by atoms with E-state index in [4.69, 9.17) is 0 Å². The zero-order valence-electron chi connectivity index (χ0n) is 12.9. The van der Waals surface area contributed by atoms with Crippen molar-refractivity contribution in [2.24, 2.45) is 0 Å². The Kier molecular flexibility index (Phi) is 5.13. The van der Waals surface area contributed by atoms with E-state index in [1.807, 2.05) is 29.1 Å². The molecule has 24 heavy (non-hydrogen) atoms. The van der Waals surface area contributed by atoms with Crippen molar-refractivity contribution in [1.82, 2.24) is 20.1 Å². The van der Waals surface area contributed by atoms with Crippen LogP contribution in [-0.4, -0.2) is 33.8 Å². The second kappa shape index (κ2) is 7.29. The molecule has 6 nitrogen and oxygen atoms in total. The van der Waals surface area contributed by atoms with E-state index in [9.17, 15) is 4.79 Å². The molecule has 2 aromatic heterocycles. The van der Waals surface area contributed by atoms with Crippen LogP contribution >= 0.6 is 23.7 Å². The highest BCUT2D eigenvalue weighted by Gasteiger charge is 2.17. The molecule has 1 fully saturated rings. The summed E-state index contributed by atoms with van der Waals surface area (Å²) in [5, 5.41) is 10.7. The van der Waals surface area contributed by atoms with E-state index in [1.165, 1.54) is 0 Å². The molecular weight excluding hydrogens is 346 g/mol. The predicted molar refractivity (Wildman–Crippen MR) is 98.2 cm³/mol. The standard InChI is InChI=1S/C16H17N5OS.ClH/c22-16(19-11-3-4-15-14(8-11)18-10-23-15)13-5-7-21(20-13)12-2-1-6-17-9-12;/h3-5,7-8,10,12,17H,1-2,6,9H2,(H,19,22);1H. The Morgan fingerprint density at radius 3 is 3.12 bits per heavy atom. The maximum Gasteiger partial charge on any atom is 0.276 e. The number of thiazole rings is 1. The number of amides is 1. The van der Waals surface area contributed by atoms with Gasteiger partial charge in [-0.3, -0.25) is 9.48 Å². The summed E-state index contributed by atoms with van der Waals surface area (Å²) >= 11 is 1.58. The normalized spacial score (nSPS) is 17.4. The van der Waals surface area contributed by atoms with Gasteiger partial charge in [-0.1, -0.05) is 0 Å². The van der Waals surface area contributed by atoms with Gasteiger partial charge < -0.3 is 10.6 Å². The van der Waals surface area contributed by atoms with Gasteiger partial charge in [0.15, 0.2) is 5.69 Å². The van der Waals surface area contributed by atoms with Gasteiger partial charge in [-0.15, -0.1) is 23.7 Å². The molecule has 1 unspecified atom stereocenters. The minimum absolute atomic E-state index is 0. The molecule has 126 valence electrons. The van der Waals surface area contributed by atoms with E-state index in [-0.39, 0.29) is 18.3 Å². The Labute approximate surface area is 149 Å². The third kappa shape index (κ3) is 3.43. The molecule has 0 aliphatic carbocycles. The van der Waals surface area contributed by atoms with Gasteiger partial charge in [-0.05, 0) is 43.7 Å². The van der Waals surface area contributed by atoms with E-state index >= 15 is 0 Å². The summed E-state index contributed by atoms with van der Waals surface area (Å²) in [5.41, 5.74) is 3.87. The molecule has 1 aromatic carbocycles. The van der Waals surface area contributed by atoms with E-state index < -0.39 is 0 Å². The number of anilines is 1. The van der Waals surface area contributed by atoms with Crippen molar-refractivity contribution in [2.45, 2.75) is 18.9 Å². The fourth-order valence-electron chi connectivity index (χ4n) is 2.85. The number of nitrogens with one attached hydrogen (secondary N) is 2. The predicted octanol–water partition coefficient (Wildman–Crippen LogP) is 3.09. The number of benzene rings is 1. The summed E-state index contributed by atoms with van der Waals surface area (Å²) in [7, 11) is 0. The summed E-state index contributed by atoms with van der Waals surface area (Å²) < 4.78 is 3.00. The van der Waals surface area contributed by atoms with Crippen LogP contribution in [0, 0.1) is 0 Å². The van der Waals surface area contributed by atoms with E-state index in [0.29, 0.717) is 11.7 Å². The maximum atomic E-state index is 12.4. The molecule has 4 rings (SSSR count). The van der Waals surface area contributed by atoms with Gasteiger partial charge >= 0.3 is 0 Å². The van der Waals surface area contributed by atoms with Crippen LogP contribution in [0.2, 0.25) is 0 Å². The lowest BCUT2D eigenvalue weighted by Gasteiger charge is -2.22. The number of fused-ring (bicyclic) bond motifs is 1. The van der Waals surface area contributed by atoms with Gasteiger partial charge in [-0.25, -0.2) is 4.98 Å². The quantitative estimate of drug-likeness (QED) is 0.750. The zero-order chi connectivity index (χ0) is 15.6. The highest BCUT2D eigenvalue weighted by Crippen LogP contribution is 2.22. The van der Waals surface area contributed by atoms with Crippen LogP contribution in [0.15, 0.2) is 36.0 Å². The number of nitrogens with zero attached hydrogens (tertiary/aromatic N) is 3. The van der Waals surface area contributed by atoms with Gasteiger partial charge in [-0.2, -0.15) is 5.10 Å². The molecule has 2 N–H and O–H groups in total. The van der Waals surface area contributed by atoms with Gasteiger partial charge in [0.05, 0.1) is 21.8 Å². The molecule has 0 saturated carbocycles. The molecule has 1 amide bonds. The third-order valence-electron chi connectivity index (χ3n) is 4.07. The Hall–Kier alpha value is -1.96. The minimum Gasteiger partial charge on any atom is -0.321 e. The SMILES string of the molecule is Cl.O=C(Nc1ccc2scnc2c1)c1ccn(C2CCCNC2)n1. The lowest BCUT2D eigenvalue weighted by Crippen LogP contribution is -2.32. The lowest BCUT2D eigenvalue weighted by atomic mass is 10.1. The molecule has 0 spiro atoms. The second-order valence-electron chi connectivity index (χ2n) is 5.67. The Balaban J connectivity index is 0.00000169. The van der Waals surface area contributed by atoms with Crippen molar-refractivity contribution in [1.29, 1.82) is 0 Å². The fraction of sp³-hybridized carbons (Fsp3) is 0.312. The maximum absolute atomic E-state index is 12.4. The Morgan fingerprint density at radius 1 is 1.38 bits per heavy atom. The van der Waals surface area contributed by atoms with E-state index in [0.717, 1.165) is 41.8 Å². The lowest BCUT2D eigenvalue weighted by molar-refractivity contribution is 0.102. The van der Waals surface area contributed by atoms with Crippen LogP contribution in [-0.2, 0) is 0 Å². The van der Waals surface area contributed by atoms with Gasteiger partial charge in [0, 0.05) is 18.4 Å². The van der Waals surface area contributed by atoms with Gasteiger partial charge in [0.2, 0.25) is 0 Å². The summed E-state index contributed by atoms with van der Waals surface area (Å²) in [6.45, 7) is 1.97. The van der Waals surface area contributed by atoms with Crippen LogP contribution < -0.4 is 10.6 Å². The van der Waals surface area contributed by atoms with Crippen molar-refractivity contribution in [2.75, 3.05) is 18.4 Å². The summed E-state index contributed by atoms with van der Waals surface area (Å²) in [4.78, 5) is 16.6. The topological polar surface area (TPSA) is 71.8 Å². The number of hydrogen-bond acceptors (Lipinski definition) is 5. The molecule has 1 saturated heterocycles.